The fourth-order valence-corrected chi connectivity index (χ4v) is 1.68. The summed E-state index contributed by atoms with van der Waals surface area (Å²) >= 11 is 0. The first-order valence-electron chi connectivity index (χ1n) is 5.76. The van der Waals surface area contributed by atoms with Gasteiger partial charge in [-0.2, -0.15) is 0 Å². The number of aromatic nitrogens is 2. The highest BCUT2D eigenvalue weighted by Crippen LogP contribution is 2.17. The lowest BCUT2D eigenvalue weighted by Crippen LogP contribution is -2.06. The average Bonchev–Trinajstić information content (AvgIpc) is 2.68. The number of anilines is 1. The lowest BCUT2D eigenvalue weighted by molar-refractivity contribution is 0.626. The third kappa shape index (κ3) is 2.64. The number of imidazole rings is 1. The van der Waals surface area contributed by atoms with Crippen LogP contribution in [-0.4, -0.2) is 16.1 Å². The van der Waals surface area contributed by atoms with Crippen molar-refractivity contribution in [3.8, 4) is 5.69 Å². The number of halogens is 1. The minimum atomic E-state index is -0.240. The average molecular weight is 233 g/mol. The number of rotatable bonds is 4. The largest absolute Gasteiger partial charge is 0.355 e. The predicted octanol–water partition coefficient (Wildman–Crippen LogP) is 3.14. The van der Waals surface area contributed by atoms with Gasteiger partial charge in [-0.15, -0.1) is 0 Å². The van der Waals surface area contributed by atoms with E-state index in [0.29, 0.717) is 0 Å². The second-order valence-corrected chi connectivity index (χ2v) is 3.98. The molecule has 0 aliphatic heterocycles. The number of aryl methyl sites for hydroxylation is 1. The molecular formula is C13H16FN3. The molecule has 0 unspecified atom stereocenters. The molecule has 0 amide bonds. The second-order valence-electron chi connectivity index (χ2n) is 3.98. The highest BCUT2D eigenvalue weighted by molar-refractivity contribution is 5.43. The molecular weight excluding hydrogens is 217 g/mol. The topological polar surface area (TPSA) is 29.9 Å². The van der Waals surface area contributed by atoms with Gasteiger partial charge in [0.15, 0.2) is 0 Å². The Balaban J connectivity index is 2.37. The quantitative estimate of drug-likeness (QED) is 0.879. The van der Waals surface area contributed by atoms with E-state index in [1.165, 1.54) is 12.1 Å². The Hall–Kier alpha value is -1.84. The maximum absolute atomic E-state index is 13.2. The smallest absolute Gasteiger partial charge is 0.207 e. The number of hydrogen-bond acceptors (Lipinski definition) is 2. The molecule has 1 aromatic heterocycles. The zero-order valence-corrected chi connectivity index (χ0v) is 10.1. The monoisotopic (exact) mass is 233 g/mol. The van der Waals surface area contributed by atoms with Crippen LogP contribution < -0.4 is 5.32 Å². The summed E-state index contributed by atoms with van der Waals surface area (Å²) in [6.45, 7) is 4.87. The summed E-state index contributed by atoms with van der Waals surface area (Å²) in [4.78, 5) is 4.38. The molecule has 2 rings (SSSR count). The Bertz CT molecular complexity index is 505. The molecule has 4 heteroatoms. The van der Waals surface area contributed by atoms with E-state index in [4.69, 9.17) is 0 Å². The van der Waals surface area contributed by atoms with E-state index >= 15 is 0 Å². The molecule has 17 heavy (non-hydrogen) atoms. The number of nitrogens with one attached hydrogen (secondary N) is 1. The van der Waals surface area contributed by atoms with Gasteiger partial charge in [-0.25, -0.2) is 9.37 Å². The fourth-order valence-electron chi connectivity index (χ4n) is 1.68. The highest BCUT2D eigenvalue weighted by atomic mass is 19.1. The molecule has 1 aromatic carbocycles. The molecule has 0 fully saturated rings. The van der Waals surface area contributed by atoms with Crippen LogP contribution >= 0.6 is 0 Å². The molecule has 0 aliphatic rings. The van der Waals surface area contributed by atoms with Gasteiger partial charge in [0, 0.05) is 12.7 Å². The summed E-state index contributed by atoms with van der Waals surface area (Å²) in [7, 11) is 0. The summed E-state index contributed by atoms with van der Waals surface area (Å²) in [5.74, 6) is 0.519. The van der Waals surface area contributed by atoms with E-state index in [1.807, 2.05) is 23.8 Å². The van der Waals surface area contributed by atoms with Gasteiger partial charge in [-0.3, -0.25) is 4.57 Å². The van der Waals surface area contributed by atoms with Crippen molar-refractivity contribution in [2.45, 2.75) is 20.3 Å². The Morgan fingerprint density at radius 3 is 2.94 bits per heavy atom. The summed E-state index contributed by atoms with van der Waals surface area (Å²) < 4.78 is 15.1. The summed E-state index contributed by atoms with van der Waals surface area (Å²) in [5.41, 5.74) is 1.69. The summed E-state index contributed by atoms with van der Waals surface area (Å²) in [6.07, 6.45) is 2.92. The van der Waals surface area contributed by atoms with Gasteiger partial charge in [0.1, 0.15) is 5.82 Å². The van der Waals surface area contributed by atoms with Crippen LogP contribution in [0.4, 0.5) is 10.3 Å². The predicted molar refractivity (Wildman–Crippen MR) is 67.0 cm³/mol. The third-order valence-electron chi connectivity index (χ3n) is 2.45. The number of nitrogens with zero attached hydrogens (tertiary/aromatic N) is 2. The zero-order chi connectivity index (χ0) is 12.3. The SMILES string of the molecule is CCCNc1nc(C)cn1-c1cccc(F)c1. The van der Waals surface area contributed by atoms with Gasteiger partial charge in [-0.05, 0) is 31.5 Å². The first-order valence-corrected chi connectivity index (χ1v) is 5.76. The van der Waals surface area contributed by atoms with Crippen molar-refractivity contribution < 1.29 is 4.39 Å². The standard InChI is InChI=1S/C13H16FN3/c1-3-7-15-13-16-10(2)9-17(13)12-6-4-5-11(14)8-12/h4-6,8-9H,3,7H2,1-2H3,(H,15,16). The van der Waals surface area contributed by atoms with Crippen molar-refractivity contribution in [3.63, 3.8) is 0 Å². The van der Waals surface area contributed by atoms with Crippen molar-refractivity contribution in [1.29, 1.82) is 0 Å². The van der Waals surface area contributed by atoms with Crippen LogP contribution in [0.15, 0.2) is 30.5 Å². The Morgan fingerprint density at radius 2 is 2.24 bits per heavy atom. The first kappa shape index (κ1) is 11.6. The van der Waals surface area contributed by atoms with Crippen LogP contribution in [0.1, 0.15) is 19.0 Å². The summed E-state index contributed by atoms with van der Waals surface area (Å²) in [5, 5.41) is 3.23. The van der Waals surface area contributed by atoms with Crippen molar-refractivity contribution in [2.75, 3.05) is 11.9 Å². The van der Waals surface area contributed by atoms with Crippen LogP contribution in [0, 0.1) is 12.7 Å². The molecule has 90 valence electrons. The molecule has 1 heterocycles. The van der Waals surface area contributed by atoms with Gasteiger partial charge in [0.2, 0.25) is 5.95 Å². The maximum atomic E-state index is 13.2. The normalized spacial score (nSPS) is 10.5. The number of benzene rings is 1. The highest BCUT2D eigenvalue weighted by Gasteiger charge is 2.07. The van der Waals surface area contributed by atoms with Gasteiger partial charge < -0.3 is 5.32 Å². The van der Waals surface area contributed by atoms with E-state index < -0.39 is 0 Å². The third-order valence-corrected chi connectivity index (χ3v) is 2.45. The van der Waals surface area contributed by atoms with Crippen LogP contribution in [-0.2, 0) is 0 Å². The first-order chi connectivity index (χ1) is 8.20. The van der Waals surface area contributed by atoms with Crippen molar-refractivity contribution in [3.05, 3.63) is 42.0 Å². The Kier molecular flexibility index (Phi) is 3.42. The lowest BCUT2D eigenvalue weighted by Gasteiger charge is -2.08. The molecule has 1 N–H and O–H groups in total. The van der Waals surface area contributed by atoms with Crippen LogP contribution in [0.3, 0.4) is 0 Å². The van der Waals surface area contributed by atoms with Gasteiger partial charge in [-0.1, -0.05) is 13.0 Å². The van der Waals surface area contributed by atoms with Gasteiger partial charge >= 0.3 is 0 Å². The fraction of sp³-hybridized carbons (Fsp3) is 0.308. The van der Waals surface area contributed by atoms with Gasteiger partial charge in [0.25, 0.3) is 0 Å². The molecule has 0 atom stereocenters. The van der Waals surface area contributed by atoms with Crippen LogP contribution in [0.5, 0.6) is 0 Å². The Morgan fingerprint density at radius 1 is 1.41 bits per heavy atom. The molecule has 3 nitrogen and oxygen atoms in total. The van der Waals surface area contributed by atoms with Crippen molar-refractivity contribution >= 4 is 5.95 Å². The number of hydrogen-bond donors (Lipinski definition) is 1. The van der Waals surface area contributed by atoms with Gasteiger partial charge in [0.05, 0.1) is 11.4 Å². The Labute approximate surface area is 100 Å². The van der Waals surface area contributed by atoms with E-state index in [1.54, 1.807) is 6.07 Å². The van der Waals surface area contributed by atoms with Crippen LogP contribution in [0.2, 0.25) is 0 Å². The minimum absolute atomic E-state index is 0.240. The van der Waals surface area contributed by atoms with E-state index in [-0.39, 0.29) is 5.82 Å². The summed E-state index contributed by atoms with van der Waals surface area (Å²) in [6, 6.07) is 6.50. The molecule has 0 saturated heterocycles. The molecule has 0 aliphatic carbocycles. The molecule has 0 radical (unpaired) electrons. The maximum Gasteiger partial charge on any atom is 0.207 e. The lowest BCUT2D eigenvalue weighted by atomic mass is 10.3. The molecule has 0 saturated carbocycles. The molecule has 0 bridgehead atoms. The van der Waals surface area contributed by atoms with Crippen LogP contribution in [0.25, 0.3) is 5.69 Å². The van der Waals surface area contributed by atoms with Crippen molar-refractivity contribution in [1.82, 2.24) is 9.55 Å². The zero-order valence-electron chi connectivity index (χ0n) is 10.1. The van der Waals surface area contributed by atoms with E-state index in [9.17, 15) is 4.39 Å². The molecule has 0 spiro atoms. The van der Waals surface area contributed by atoms with Crippen molar-refractivity contribution in [2.24, 2.45) is 0 Å². The second kappa shape index (κ2) is 4.99. The minimum Gasteiger partial charge on any atom is -0.355 e. The van der Waals surface area contributed by atoms with E-state index in [2.05, 4.69) is 17.2 Å². The van der Waals surface area contributed by atoms with E-state index in [0.717, 1.165) is 30.3 Å². The molecule has 2 aromatic rings.